The van der Waals surface area contributed by atoms with E-state index in [1.54, 1.807) is 7.11 Å². The number of aliphatic hydroxyl groups is 1. The molecule has 3 N–H and O–H groups in total. The zero-order chi connectivity index (χ0) is 30.1. The highest BCUT2D eigenvalue weighted by Gasteiger charge is 2.37. The summed E-state index contributed by atoms with van der Waals surface area (Å²) in [7, 11) is -0.475. The maximum Gasteiger partial charge on any atom is 0.238 e. The molecule has 0 unspecified atom stereocenters. The second-order valence-corrected chi connectivity index (χ2v) is 13.6. The van der Waals surface area contributed by atoms with Crippen LogP contribution in [0.25, 0.3) is 0 Å². The highest BCUT2D eigenvalue weighted by molar-refractivity contribution is 7.89. The Morgan fingerprint density at radius 2 is 1.90 bits per heavy atom. The van der Waals surface area contributed by atoms with Gasteiger partial charge in [0.2, 0.25) is 15.9 Å². The van der Waals surface area contributed by atoms with Crippen LogP contribution in [0.2, 0.25) is 0 Å². The van der Waals surface area contributed by atoms with Crippen LogP contribution in [0.15, 0.2) is 48.5 Å². The topological polar surface area (TPSA) is 117 Å². The van der Waals surface area contributed by atoms with Gasteiger partial charge in [0.1, 0.15) is 11.8 Å². The summed E-state index contributed by atoms with van der Waals surface area (Å²) in [5.74, 6) is 0.395. The number of sulfonamides is 1. The molecule has 1 heterocycles. The van der Waals surface area contributed by atoms with Gasteiger partial charge in [-0.25, -0.2) is 8.42 Å². The summed E-state index contributed by atoms with van der Waals surface area (Å²) in [6, 6.07) is 14.1. The molecule has 0 aromatic heterocycles. The van der Waals surface area contributed by atoms with Crippen molar-refractivity contribution >= 4 is 15.9 Å². The molecular weight excluding hydrogens is 554 g/mol. The van der Waals surface area contributed by atoms with Crippen LogP contribution < -0.4 is 15.4 Å². The molecule has 2 aromatic rings. The minimum Gasteiger partial charge on any atom is -0.497 e. The Bertz CT molecular complexity index is 1260. The summed E-state index contributed by atoms with van der Waals surface area (Å²) in [6.45, 7) is 2.74. The number of hydrogen-bond donors (Lipinski definition) is 3. The predicted molar refractivity (Wildman–Crippen MR) is 164 cm³/mol. The number of carbonyl (C=O) groups is 1. The molecule has 2 aliphatic rings. The van der Waals surface area contributed by atoms with Crippen molar-refractivity contribution in [3.8, 4) is 5.75 Å². The van der Waals surface area contributed by atoms with E-state index in [9.17, 15) is 18.3 Å². The van der Waals surface area contributed by atoms with Crippen molar-refractivity contribution in [3.05, 3.63) is 65.2 Å². The Morgan fingerprint density at radius 3 is 2.64 bits per heavy atom. The molecule has 42 heavy (non-hydrogen) atoms. The lowest BCUT2D eigenvalue weighted by Gasteiger charge is -2.32. The fourth-order valence-corrected chi connectivity index (χ4v) is 7.40. The lowest BCUT2D eigenvalue weighted by molar-refractivity contribution is -0.126. The molecule has 1 aliphatic carbocycles. The van der Waals surface area contributed by atoms with Gasteiger partial charge in [0.15, 0.2) is 0 Å². The van der Waals surface area contributed by atoms with E-state index < -0.39 is 28.2 Å². The summed E-state index contributed by atoms with van der Waals surface area (Å²) in [4.78, 5) is 13.8. The van der Waals surface area contributed by atoms with Crippen molar-refractivity contribution < 1.29 is 27.8 Å². The molecule has 0 saturated carbocycles. The number of rotatable bonds is 9. The first kappa shape index (κ1) is 32.4. The van der Waals surface area contributed by atoms with Gasteiger partial charge in [-0.05, 0) is 60.9 Å². The second-order valence-electron chi connectivity index (χ2n) is 11.5. The molecule has 1 amide bonds. The molecule has 1 aliphatic heterocycles. The number of carbonyl (C=O) groups excluding carboxylic acids is 1. The molecule has 0 spiro atoms. The van der Waals surface area contributed by atoms with E-state index in [0.717, 1.165) is 36.1 Å². The molecule has 0 bridgehead atoms. The number of nitrogens with one attached hydrogen (secondary N) is 2. The van der Waals surface area contributed by atoms with E-state index >= 15 is 0 Å². The monoisotopic (exact) mass is 601 g/mol. The first-order valence-electron chi connectivity index (χ1n) is 15.2. The number of nitrogens with zero attached hydrogens (tertiary/aromatic N) is 1. The maximum absolute atomic E-state index is 13.8. The van der Waals surface area contributed by atoms with E-state index in [0.29, 0.717) is 38.7 Å². The minimum absolute atomic E-state index is 0.0125. The summed E-state index contributed by atoms with van der Waals surface area (Å²) >= 11 is 0. The number of fused-ring (bicyclic) bond motifs is 3. The Kier molecular flexibility index (Phi) is 11.8. The van der Waals surface area contributed by atoms with Gasteiger partial charge in [0.25, 0.3) is 0 Å². The van der Waals surface area contributed by atoms with Crippen LogP contribution in [0, 0.1) is 0 Å². The molecule has 1 fully saturated rings. The highest BCUT2D eigenvalue weighted by Crippen LogP contribution is 2.36. The van der Waals surface area contributed by atoms with Gasteiger partial charge in [-0.3, -0.25) is 4.79 Å². The highest BCUT2D eigenvalue weighted by atomic mass is 32.2. The molecular formula is C32H47N3O6S. The van der Waals surface area contributed by atoms with Gasteiger partial charge < -0.3 is 25.2 Å². The average molecular weight is 602 g/mol. The van der Waals surface area contributed by atoms with E-state index in [4.69, 9.17) is 9.47 Å². The fraction of sp³-hybridized carbons (Fsp3) is 0.594. The predicted octanol–water partition coefficient (Wildman–Crippen LogP) is 3.36. The third-order valence-corrected chi connectivity index (χ3v) is 10.4. The minimum atomic E-state index is -3.63. The molecule has 1 saturated heterocycles. The first-order chi connectivity index (χ1) is 20.2. The molecule has 9 nitrogen and oxygen atoms in total. The average Bonchev–Trinajstić information content (AvgIpc) is 3.33. The van der Waals surface area contributed by atoms with Crippen molar-refractivity contribution in [2.45, 2.75) is 88.6 Å². The Balaban J connectivity index is 1.58. The van der Waals surface area contributed by atoms with Crippen LogP contribution in [-0.4, -0.2) is 81.1 Å². The van der Waals surface area contributed by atoms with Gasteiger partial charge in [0.05, 0.1) is 37.2 Å². The summed E-state index contributed by atoms with van der Waals surface area (Å²) in [6.07, 6.45) is 4.11. The fourth-order valence-electron chi connectivity index (χ4n) is 5.95. The Morgan fingerprint density at radius 1 is 1.12 bits per heavy atom. The third kappa shape index (κ3) is 8.32. The van der Waals surface area contributed by atoms with Crippen LogP contribution >= 0.6 is 0 Å². The van der Waals surface area contributed by atoms with Crippen molar-refractivity contribution in [2.75, 3.05) is 33.1 Å². The van der Waals surface area contributed by atoms with Crippen LogP contribution in [0.4, 0.5) is 0 Å². The number of likely N-dealkylation sites (N-methyl/N-ethyl adjacent to an activating group) is 1. The van der Waals surface area contributed by atoms with Crippen molar-refractivity contribution in [2.24, 2.45) is 0 Å². The largest absolute Gasteiger partial charge is 0.497 e. The third-order valence-electron chi connectivity index (χ3n) is 8.51. The Hall–Kier alpha value is -2.50. The molecule has 4 rings (SSSR count). The standard InChI is InChI=1S/C32H47N3O6S/c1-4-5-11-18-42(38,39)35(2)28-14-9-10-17-41-30-20-24-15-16-25(40-3)21-26(24)31(30)33-22-29(36)27(34-32(28)37)19-23-12-7-6-8-13-23/h6-8,12-13,15-16,21,27-31,33,36H,4-5,9-11,14,17-20,22H2,1-3H3,(H,34,37)/t27-,28-,29+,30-,31-/m0/s1. The zero-order valence-electron chi connectivity index (χ0n) is 25.1. The Labute approximate surface area is 251 Å². The van der Waals surface area contributed by atoms with E-state index in [2.05, 4.69) is 16.7 Å². The normalized spacial score (nSPS) is 25.7. The lowest BCUT2D eigenvalue weighted by atomic mass is 9.99. The lowest BCUT2D eigenvalue weighted by Crippen LogP contribution is -2.55. The van der Waals surface area contributed by atoms with Crippen LogP contribution in [0.3, 0.4) is 0 Å². The molecule has 0 radical (unpaired) electrons. The number of benzene rings is 2. The summed E-state index contributed by atoms with van der Waals surface area (Å²) < 4.78 is 39.5. The van der Waals surface area contributed by atoms with Crippen molar-refractivity contribution in [1.82, 2.24) is 14.9 Å². The number of hydrogen-bond acceptors (Lipinski definition) is 7. The number of unbranched alkanes of at least 4 members (excludes halogenated alkanes) is 2. The number of ether oxygens (including phenoxy) is 2. The van der Waals surface area contributed by atoms with Crippen LogP contribution in [-0.2, 0) is 32.4 Å². The quantitative estimate of drug-likeness (QED) is 0.378. The van der Waals surface area contributed by atoms with Gasteiger partial charge in [-0.2, -0.15) is 4.31 Å². The zero-order valence-corrected chi connectivity index (χ0v) is 25.9. The van der Waals surface area contributed by atoms with Gasteiger partial charge in [-0.15, -0.1) is 0 Å². The van der Waals surface area contributed by atoms with Crippen molar-refractivity contribution in [1.29, 1.82) is 0 Å². The van der Waals surface area contributed by atoms with Crippen molar-refractivity contribution in [3.63, 3.8) is 0 Å². The van der Waals surface area contributed by atoms with E-state index in [-0.39, 0.29) is 30.4 Å². The first-order valence-corrected chi connectivity index (χ1v) is 16.8. The molecule has 2 aromatic carbocycles. The number of amides is 1. The SMILES string of the molecule is CCCCCS(=O)(=O)N(C)[C@H]1CCCCO[C@H]2Cc3ccc(OC)cc3[C@@H]2NC[C@@H](O)[C@H](Cc2ccccc2)NC1=O. The van der Waals surface area contributed by atoms with Gasteiger partial charge in [-0.1, -0.05) is 56.2 Å². The number of β-amino-alcohol motifs (C(OH)–C–C–N with tert-alkyl or cyclic N) is 1. The molecule has 10 heteroatoms. The maximum atomic E-state index is 13.8. The van der Waals surface area contributed by atoms with Crippen LogP contribution in [0.5, 0.6) is 5.75 Å². The van der Waals surface area contributed by atoms with E-state index in [1.165, 1.54) is 16.9 Å². The number of aliphatic hydroxyl groups excluding tert-OH is 1. The second kappa shape index (κ2) is 15.3. The number of methoxy groups -OCH3 is 1. The molecule has 232 valence electrons. The smallest absolute Gasteiger partial charge is 0.238 e. The summed E-state index contributed by atoms with van der Waals surface area (Å²) in [5.41, 5.74) is 3.25. The van der Waals surface area contributed by atoms with Gasteiger partial charge >= 0.3 is 0 Å². The van der Waals surface area contributed by atoms with Gasteiger partial charge in [0, 0.05) is 26.6 Å². The molecule has 5 atom stereocenters. The van der Waals surface area contributed by atoms with Crippen LogP contribution in [0.1, 0.15) is 68.2 Å². The van der Waals surface area contributed by atoms with E-state index in [1.807, 2.05) is 49.4 Å². The summed E-state index contributed by atoms with van der Waals surface area (Å²) in [5, 5.41) is 18.1.